The van der Waals surface area contributed by atoms with Gasteiger partial charge < -0.3 is 10.7 Å². The highest BCUT2D eigenvalue weighted by atomic mass is 15.2. The molecule has 0 aromatic heterocycles. The summed E-state index contributed by atoms with van der Waals surface area (Å²) in [6.07, 6.45) is 1.94. The van der Waals surface area contributed by atoms with E-state index in [9.17, 15) is 0 Å². The van der Waals surface area contributed by atoms with Crippen LogP contribution in [0, 0.1) is 5.41 Å². The lowest BCUT2D eigenvalue weighted by molar-refractivity contribution is 0.458. The Labute approximate surface area is 97.7 Å². The van der Waals surface area contributed by atoms with Gasteiger partial charge in [-0.2, -0.15) is 0 Å². The lowest BCUT2D eigenvalue weighted by Crippen LogP contribution is -2.31. The third-order valence-corrected chi connectivity index (χ3v) is 2.36. The Bertz CT molecular complexity index is 336. The van der Waals surface area contributed by atoms with Crippen molar-refractivity contribution in [1.29, 1.82) is 0 Å². The molecule has 3 nitrogen and oxygen atoms in total. The molecule has 0 bridgehead atoms. The minimum absolute atomic E-state index is 0.0262. The molecule has 88 valence electrons. The SMILES string of the molecule is CC(C)(C)/C(=C/NCc1ccccc1)NN. The summed E-state index contributed by atoms with van der Waals surface area (Å²) in [6.45, 7) is 7.15. The smallest absolute Gasteiger partial charge is 0.0469 e. The number of nitrogens with two attached hydrogens (primary N) is 1. The van der Waals surface area contributed by atoms with Crippen LogP contribution in [0.4, 0.5) is 0 Å². The first-order chi connectivity index (χ1) is 7.54. The van der Waals surface area contributed by atoms with Gasteiger partial charge in [0.15, 0.2) is 0 Å². The molecule has 4 N–H and O–H groups in total. The summed E-state index contributed by atoms with van der Waals surface area (Å²) in [7, 11) is 0. The number of hydrogen-bond donors (Lipinski definition) is 3. The van der Waals surface area contributed by atoms with Crippen molar-refractivity contribution < 1.29 is 0 Å². The van der Waals surface area contributed by atoms with Crippen LogP contribution in [0.15, 0.2) is 42.2 Å². The monoisotopic (exact) mass is 219 g/mol. The van der Waals surface area contributed by atoms with Crippen molar-refractivity contribution in [2.24, 2.45) is 11.3 Å². The second-order valence-corrected chi connectivity index (χ2v) is 4.82. The maximum absolute atomic E-state index is 5.48. The molecule has 0 unspecified atom stereocenters. The summed E-state index contributed by atoms with van der Waals surface area (Å²) < 4.78 is 0. The molecule has 0 saturated carbocycles. The summed E-state index contributed by atoms with van der Waals surface area (Å²) in [4.78, 5) is 0. The van der Waals surface area contributed by atoms with Crippen LogP contribution in [0.25, 0.3) is 0 Å². The van der Waals surface area contributed by atoms with Crippen molar-refractivity contribution in [3.63, 3.8) is 0 Å². The van der Waals surface area contributed by atoms with Crippen molar-refractivity contribution in [2.45, 2.75) is 27.3 Å². The fraction of sp³-hybridized carbons (Fsp3) is 0.385. The zero-order valence-corrected chi connectivity index (χ0v) is 10.2. The predicted molar refractivity (Wildman–Crippen MR) is 68.1 cm³/mol. The van der Waals surface area contributed by atoms with E-state index in [0.717, 1.165) is 12.2 Å². The molecule has 0 aliphatic rings. The molecule has 0 radical (unpaired) electrons. The molecule has 1 rings (SSSR count). The fourth-order valence-corrected chi connectivity index (χ4v) is 1.34. The van der Waals surface area contributed by atoms with Crippen molar-refractivity contribution in [3.05, 3.63) is 47.8 Å². The van der Waals surface area contributed by atoms with Crippen LogP contribution in [-0.4, -0.2) is 0 Å². The standard InChI is InChI=1S/C13H21N3/c1-13(2,3)12(16-14)10-15-9-11-7-5-4-6-8-11/h4-8,10,15-16H,9,14H2,1-3H3/b12-10-. The number of benzene rings is 1. The Balaban J connectivity index is 2.53. The molecule has 0 fully saturated rings. The van der Waals surface area contributed by atoms with Crippen LogP contribution in [-0.2, 0) is 6.54 Å². The van der Waals surface area contributed by atoms with E-state index in [2.05, 4.69) is 43.6 Å². The summed E-state index contributed by atoms with van der Waals surface area (Å²) in [5.74, 6) is 5.48. The van der Waals surface area contributed by atoms with Crippen molar-refractivity contribution in [1.82, 2.24) is 10.7 Å². The van der Waals surface area contributed by atoms with Gasteiger partial charge in [-0.05, 0) is 5.56 Å². The Kier molecular flexibility index (Phi) is 4.38. The normalized spacial score (nSPS) is 12.4. The Hall–Kier alpha value is -1.48. The van der Waals surface area contributed by atoms with Gasteiger partial charge in [0, 0.05) is 23.9 Å². The van der Waals surface area contributed by atoms with Crippen LogP contribution in [0.2, 0.25) is 0 Å². The van der Waals surface area contributed by atoms with Crippen LogP contribution < -0.4 is 16.6 Å². The lowest BCUT2D eigenvalue weighted by atomic mass is 9.93. The number of nitrogens with one attached hydrogen (secondary N) is 2. The van der Waals surface area contributed by atoms with Gasteiger partial charge in [-0.1, -0.05) is 51.1 Å². The first-order valence-corrected chi connectivity index (χ1v) is 5.48. The zero-order chi connectivity index (χ0) is 12.0. The van der Waals surface area contributed by atoms with Gasteiger partial charge in [0.1, 0.15) is 0 Å². The summed E-state index contributed by atoms with van der Waals surface area (Å²) in [5.41, 5.74) is 5.00. The minimum Gasteiger partial charge on any atom is -0.385 e. The first-order valence-electron chi connectivity index (χ1n) is 5.48. The second-order valence-electron chi connectivity index (χ2n) is 4.82. The van der Waals surface area contributed by atoms with Crippen molar-refractivity contribution in [2.75, 3.05) is 0 Å². The highest BCUT2D eigenvalue weighted by Gasteiger charge is 2.15. The van der Waals surface area contributed by atoms with Crippen LogP contribution in [0.1, 0.15) is 26.3 Å². The summed E-state index contributed by atoms with van der Waals surface area (Å²) in [5, 5.41) is 3.25. The molecule has 0 spiro atoms. The van der Waals surface area contributed by atoms with Crippen LogP contribution in [0.5, 0.6) is 0 Å². The molecule has 0 saturated heterocycles. The van der Waals surface area contributed by atoms with E-state index in [-0.39, 0.29) is 5.41 Å². The molecule has 0 atom stereocenters. The highest BCUT2D eigenvalue weighted by molar-refractivity contribution is 5.15. The van der Waals surface area contributed by atoms with Gasteiger partial charge in [-0.25, -0.2) is 0 Å². The van der Waals surface area contributed by atoms with Crippen LogP contribution in [0.3, 0.4) is 0 Å². The molecule has 0 aliphatic heterocycles. The third-order valence-electron chi connectivity index (χ3n) is 2.36. The topological polar surface area (TPSA) is 50.1 Å². The third kappa shape index (κ3) is 3.95. The zero-order valence-electron chi connectivity index (χ0n) is 10.2. The van der Waals surface area contributed by atoms with E-state index in [4.69, 9.17) is 5.84 Å². The average molecular weight is 219 g/mol. The van der Waals surface area contributed by atoms with Crippen molar-refractivity contribution in [3.8, 4) is 0 Å². The van der Waals surface area contributed by atoms with Gasteiger partial charge in [0.05, 0.1) is 0 Å². The average Bonchev–Trinajstić information content (AvgIpc) is 2.24. The number of rotatable bonds is 4. The predicted octanol–water partition coefficient (Wildman–Crippen LogP) is 2.13. The number of hydrogen-bond acceptors (Lipinski definition) is 3. The van der Waals surface area contributed by atoms with E-state index in [0.29, 0.717) is 0 Å². The van der Waals surface area contributed by atoms with Crippen molar-refractivity contribution >= 4 is 0 Å². The minimum atomic E-state index is 0.0262. The molecule has 0 heterocycles. The molecule has 3 heteroatoms. The molecular formula is C13H21N3. The Morgan fingerprint density at radius 3 is 2.38 bits per heavy atom. The molecule has 1 aromatic carbocycles. The maximum atomic E-state index is 5.48. The van der Waals surface area contributed by atoms with Gasteiger partial charge in [0.2, 0.25) is 0 Å². The largest absolute Gasteiger partial charge is 0.385 e. The van der Waals surface area contributed by atoms with E-state index in [1.807, 2.05) is 24.4 Å². The van der Waals surface area contributed by atoms with Gasteiger partial charge in [-0.3, -0.25) is 5.84 Å². The first kappa shape index (κ1) is 12.6. The second kappa shape index (κ2) is 5.56. The molecular weight excluding hydrogens is 198 g/mol. The lowest BCUT2D eigenvalue weighted by Gasteiger charge is -2.22. The molecule has 0 aliphatic carbocycles. The molecule has 16 heavy (non-hydrogen) atoms. The Morgan fingerprint density at radius 1 is 1.25 bits per heavy atom. The molecule has 0 amide bonds. The van der Waals surface area contributed by atoms with E-state index >= 15 is 0 Å². The van der Waals surface area contributed by atoms with E-state index < -0.39 is 0 Å². The fourth-order valence-electron chi connectivity index (χ4n) is 1.34. The van der Waals surface area contributed by atoms with E-state index in [1.165, 1.54) is 5.56 Å². The van der Waals surface area contributed by atoms with E-state index in [1.54, 1.807) is 0 Å². The van der Waals surface area contributed by atoms with Gasteiger partial charge >= 0.3 is 0 Å². The van der Waals surface area contributed by atoms with Gasteiger partial charge in [0.25, 0.3) is 0 Å². The number of allylic oxidation sites excluding steroid dienone is 1. The summed E-state index contributed by atoms with van der Waals surface area (Å²) in [6, 6.07) is 10.3. The quantitative estimate of drug-likeness (QED) is 0.537. The summed E-state index contributed by atoms with van der Waals surface area (Å²) >= 11 is 0. The maximum Gasteiger partial charge on any atom is 0.0469 e. The highest BCUT2D eigenvalue weighted by Crippen LogP contribution is 2.21. The Morgan fingerprint density at radius 2 is 1.88 bits per heavy atom. The number of hydrazine groups is 1. The molecule has 1 aromatic rings. The van der Waals surface area contributed by atoms with Gasteiger partial charge in [-0.15, -0.1) is 0 Å². The van der Waals surface area contributed by atoms with Crippen LogP contribution >= 0.6 is 0 Å².